The average Bonchev–Trinajstić information content (AvgIpc) is 2.10. The summed E-state index contributed by atoms with van der Waals surface area (Å²) in [5.41, 5.74) is 0. The Labute approximate surface area is 86.9 Å². The van der Waals surface area contributed by atoms with Crippen LogP contribution in [0.25, 0.3) is 0 Å². The second-order valence-electron chi connectivity index (χ2n) is 6.30. The molecule has 0 unspecified atom stereocenters. The molecule has 0 aromatic rings. The number of hydrogen-bond donors (Lipinski definition) is 1. The van der Waals surface area contributed by atoms with Crippen LogP contribution in [0.2, 0.25) is 0 Å². The van der Waals surface area contributed by atoms with Crippen LogP contribution in [0.1, 0.15) is 39.5 Å². The Morgan fingerprint density at radius 2 is 1.29 bits per heavy atom. The lowest BCUT2D eigenvalue weighted by molar-refractivity contribution is -0.132. The van der Waals surface area contributed by atoms with Crippen LogP contribution in [-0.4, -0.2) is 11.2 Å². The van der Waals surface area contributed by atoms with E-state index >= 15 is 0 Å². The summed E-state index contributed by atoms with van der Waals surface area (Å²) in [6.07, 6.45) is 5.39. The molecule has 0 amide bonds. The molecule has 14 heavy (non-hydrogen) atoms. The van der Waals surface area contributed by atoms with Crippen molar-refractivity contribution in [2.45, 2.75) is 45.6 Å². The van der Waals surface area contributed by atoms with E-state index in [1.165, 1.54) is 25.7 Å². The van der Waals surface area contributed by atoms with Crippen molar-refractivity contribution in [3.05, 3.63) is 0 Å². The first-order valence-corrected chi connectivity index (χ1v) is 6.35. The Hall–Kier alpha value is -0.0400. The van der Waals surface area contributed by atoms with E-state index in [0.29, 0.717) is 11.8 Å². The highest BCUT2D eigenvalue weighted by Gasteiger charge is 2.52. The van der Waals surface area contributed by atoms with Crippen LogP contribution in [0, 0.1) is 35.5 Å². The quantitative estimate of drug-likeness (QED) is 0.680. The predicted molar refractivity (Wildman–Crippen MR) is 56.8 cm³/mol. The van der Waals surface area contributed by atoms with E-state index in [2.05, 4.69) is 13.8 Å². The van der Waals surface area contributed by atoms with Crippen molar-refractivity contribution < 1.29 is 5.11 Å². The van der Waals surface area contributed by atoms with Crippen LogP contribution in [-0.2, 0) is 0 Å². The zero-order valence-corrected chi connectivity index (χ0v) is 9.32. The van der Waals surface area contributed by atoms with E-state index in [0.717, 1.165) is 23.7 Å². The molecule has 0 heterocycles. The summed E-state index contributed by atoms with van der Waals surface area (Å²) in [6, 6.07) is 0. The van der Waals surface area contributed by atoms with Gasteiger partial charge in [-0.25, -0.2) is 0 Å². The van der Waals surface area contributed by atoms with Gasteiger partial charge in [-0.05, 0) is 61.2 Å². The fourth-order valence-electron chi connectivity index (χ4n) is 4.99. The smallest absolute Gasteiger partial charge is 0.0596 e. The van der Waals surface area contributed by atoms with Gasteiger partial charge in [-0.3, -0.25) is 0 Å². The van der Waals surface area contributed by atoms with Crippen molar-refractivity contribution in [2.24, 2.45) is 35.5 Å². The number of hydrogen-bond acceptors (Lipinski definition) is 1. The first-order chi connectivity index (χ1) is 6.66. The Morgan fingerprint density at radius 3 is 1.64 bits per heavy atom. The van der Waals surface area contributed by atoms with Crippen molar-refractivity contribution in [2.75, 3.05) is 0 Å². The summed E-state index contributed by atoms with van der Waals surface area (Å²) in [5, 5.41) is 10.1. The van der Waals surface area contributed by atoms with Gasteiger partial charge >= 0.3 is 0 Å². The van der Waals surface area contributed by atoms with Gasteiger partial charge < -0.3 is 5.11 Å². The lowest BCUT2D eigenvalue weighted by Gasteiger charge is -2.57. The monoisotopic (exact) mass is 194 g/mol. The van der Waals surface area contributed by atoms with Crippen LogP contribution in [0.15, 0.2) is 0 Å². The van der Waals surface area contributed by atoms with E-state index in [1.54, 1.807) is 0 Å². The van der Waals surface area contributed by atoms with Crippen molar-refractivity contribution in [3.63, 3.8) is 0 Å². The lowest BCUT2D eigenvalue weighted by atomic mass is 9.49. The number of aliphatic hydroxyl groups excluding tert-OH is 1. The molecule has 0 aromatic carbocycles. The molecule has 4 aliphatic rings. The van der Waals surface area contributed by atoms with Gasteiger partial charge in [0.15, 0.2) is 0 Å². The molecule has 4 rings (SSSR count). The third-order valence-corrected chi connectivity index (χ3v) is 5.25. The first-order valence-electron chi connectivity index (χ1n) is 6.35. The van der Waals surface area contributed by atoms with E-state index < -0.39 is 0 Å². The van der Waals surface area contributed by atoms with Gasteiger partial charge in [-0.15, -0.1) is 0 Å². The van der Waals surface area contributed by atoms with Crippen LogP contribution in [0.4, 0.5) is 0 Å². The molecular weight excluding hydrogens is 172 g/mol. The molecule has 1 heteroatoms. The van der Waals surface area contributed by atoms with E-state index in [-0.39, 0.29) is 6.10 Å². The molecule has 1 N–H and O–H groups in total. The van der Waals surface area contributed by atoms with E-state index in [4.69, 9.17) is 0 Å². The van der Waals surface area contributed by atoms with Crippen molar-refractivity contribution in [1.29, 1.82) is 0 Å². The summed E-state index contributed by atoms with van der Waals surface area (Å²) in [7, 11) is 0. The molecule has 4 saturated carbocycles. The average molecular weight is 194 g/mol. The number of aliphatic hydroxyl groups is 1. The van der Waals surface area contributed by atoms with Gasteiger partial charge in [-0.1, -0.05) is 13.8 Å². The highest BCUT2D eigenvalue weighted by Crippen LogP contribution is 2.58. The van der Waals surface area contributed by atoms with Crippen molar-refractivity contribution >= 4 is 0 Å². The van der Waals surface area contributed by atoms with Gasteiger partial charge in [0.05, 0.1) is 6.10 Å². The van der Waals surface area contributed by atoms with Crippen molar-refractivity contribution in [3.8, 4) is 0 Å². The molecule has 0 aromatic heterocycles. The summed E-state index contributed by atoms with van der Waals surface area (Å²) in [6.45, 7) is 4.78. The first kappa shape index (κ1) is 9.21. The van der Waals surface area contributed by atoms with Crippen LogP contribution >= 0.6 is 0 Å². The van der Waals surface area contributed by atoms with Gasteiger partial charge in [0.1, 0.15) is 0 Å². The maximum absolute atomic E-state index is 10.1. The van der Waals surface area contributed by atoms with E-state index in [9.17, 15) is 5.11 Å². The van der Waals surface area contributed by atoms with E-state index in [1.807, 2.05) is 0 Å². The fraction of sp³-hybridized carbons (Fsp3) is 1.00. The molecule has 4 aliphatic carbocycles. The fourth-order valence-corrected chi connectivity index (χ4v) is 4.99. The predicted octanol–water partition coefficient (Wildman–Crippen LogP) is 2.69. The maximum atomic E-state index is 10.1. The zero-order valence-electron chi connectivity index (χ0n) is 9.32. The largest absolute Gasteiger partial charge is 0.393 e. The lowest BCUT2D eigenvalue weighted by Crippen LogP contribution is -2.53. The molecule has 4 bridgehead atoms. The molecule has 0 saturated heterocycles. The highest BCUT2D eigenvalue weighted by atomic mass is 16.3. The minimum atomic E-state index is 0.0654. The van der Waals surface area contributed by atoms with Crippen molar-refractivity contribution in [1.82, 2.24) is 0 Å². The standard InChI is InChI=1S/C13H22O/c1-7(2)12-8-3-10-5-9(12)6-11(4-8)13(10)14/h7-14H,3-6H2,1-2H3. The summed E-state index contributed by atoms with van der Waals surface area (Å²) in [5.74, 6) is 5.11. The topological polar surface area (TPSA) is 20.2 Å². The number of rotatable bonds is 1. The summed E-state index contributed by atoms with van der Waals surface area (Å²) < 4.78 is 0. The van der Waals surface area contributed by atoms with Crippen LogP contribution < -0.4 is 0 Å². The molecular formula is C13H22O. The Morgan fingerprint density at radius 1 is 0.857 bits per heavy atom. The Bertz CT molecular complexity index is 203. The maximum Gasteiger partial charge on any atom is 0.0596 e. The molecule has 1 nitrogen and oxygen atoms in total. The third-order valence-electron chi connectivity index (χ3n) is 5.25. The summed E-state index contributed by atoms with van der Waals surface area (Å²) >= 11 is 0. The zero-order chi connectivity index (χ0) is 9.87. The SMILES string of the molecule is CC(C)C1C2CC3CC1CC(C2)C3O. The second kappa shape index (κ2) is 2.98. The van der Waals surface area contributed by atoms with Crippen LogP contribution in [0.5, 0.6) is 0 Å². The van der Waals surface area contributed by atoms with Gasteiger partial charge in [0.2, 0.25) is 0 Å². The molecule has 80 valence electrons. The molecule has 0 aliphatic heterocycles. The van der Waals surface area contributed by atoms with Gasteiger partial charge in [0, 0.05) is 0 Å². The summed E-state index contributed by atoms with van der Waals surface area (Å²) in [4.78, 5) is 0. The Balaban J connectivity index is 1.85. The highest BCUT2D eigenvalue weighted by molar-refractivity contribution is 5.02. The minimum Gasteiger partial charge on any atom is -0.393 e. The minimum absolute atomic E-state index is 0.0654. The third kappa shape index (κ3) is 1.11. The molecule has 0 radical (unpaired) electrons. The molecule has 0 spiro atoms. The Kier molecular flexibility index (Phi) is 1.96. The second-order valence-corrected chi connectivity index (χ2v) is 6.30. The van der Waals surface area contributed by atoms with Gasteiger partial charge in [-0.2, -0.15) is 0 Å². The van der Waals surface area contributed by atoms with Crippen LogP contribution in [0.3, 0.4) is 0 Å². The van der Waals surface area contributed by atoms with Gasteiger partial charge in [0.25, 0.3) is 0 Å². The normalized spacial score (nSPS) is 55.7. The molecule has 0 atom stereocenters. The molecule has 4 fully saturated rings.